The number of rotatable bonds is 7. The van der Waals surface area contributed by atoms with Crippen molar-refractivity contribution in [3.8, 4) is 11.3 Å². The molecule has 158 valence electrons. The van der Waals surface area contributed by atoms with E-state index in [9.17, 15) is 0 Å². The Morgan fingerprint density at radius 3 is 2.44 bits per heavy atom. The number of allylic oxidation sites excluding steroid dienone is 5. The fourth-order valence-electron chi connectivity index (χ4n) is 3.72. The predicted molar refractivity (Wildman–Crippen MR) is 139 cm³/mol. The van der Waals surface area contributed by atoms with E-state index in [1.54, 1.807) is 0 Å². The highest BCUT2D eigenvalue weighted by Crippen LogP contribution is 2.24. The summed E-state index contributed by atoms with van der Waals surface area (Å²) in [5.41, 5.74) is 6.70. The Hall–Kier alpha value is -3.91. The molecule has 0 atom stereocenters. The molecule has 0 radical (unpaired) electrons. The van der Waals surface area contributed by atoms with Crippen molar-refractivity contribution >= 4 is 22.2 Å². The molecule has 1 aromatic heterocycles. The van der Waals surface area contributed by atoms with Gasteiger partial charge in [-0.15, -0.1) is 0 Å². The fraction of sp³-hybridized carbons (Fsp3) is 0.100. The summed E-state index contributed by atoms with van der Waals surface area (Å²) >= 11 is 0. The molecular weight excluding hydrogens is 388 g/mol. The lowest BCUT2D eigenvalue weighted by atomic mass is 10.0. The molecule has 0 unspecified atom stereocenters. The number of anilines is 1. The van der Waals surface area contributed by atoms with E-state index >= 15 is 0 Å². The highest BCUT2D eigenvalue weighted by molar-refractivity contribution is 5.86. The van der Waals surface area contributed by atoms with Crippen LogP contribution in [0.1, 0.15) is 25.0 Å². The van der Waals surface area contributed by atoms with E-state index < -0.39 is 0 Å². The minimum absolute atomic E-state index is 0.720. The summed E-state index contributed by atoms with van der Waals surface area (Å²) in [7, 11) is 0. The van der Waals surface area contributed by atoms with Crippen molar-refractivity contribution in [1.82, 2.24) is 4.98 Å². The third kappa shape index (κ3) is 5.22. The molecule has 0 amide bonds. The van der Waals surface area contributed by atoms with Gasteiger partial charge in [0.15, 0.2) is 0 Å². The van der Waals surface area contributed by atoms with Crippen molar-refractivity contribution in [3.63, 3.8) is 0 Å². The van der Waals surface area contributed by atoms with Crippen LogP contribution in [0.2, 0.25) is 0 Å². The molecule has 2 nitrogen and oxygen atoms in total. The van der Waals surface area contributed by atoms with Crippen LogP contribution in [-0.2, 0) is 6.54 Å². The topological polar surface area (TPSA) is 24.9 Å². The Morgan fingerprint density at radius 2 is 1.69 bits per heavy atom. The van der Waals surface area contributed by atoms with Gasteiger partial charge >= 0.3 is 0 Å². The molecule has 0 aliphatic rings. The lowest BCUT2D eigenvalue weighted by Gasteiger charge is -2.10. The third-order valence-electron chi connectivity index (χ3n) is 5.30. The third-order valence-corrected chi connectivity index (χ3v) is 5.30. The van der Waals surface area contributed by atoms with E-state index in [1.807, 2.05) is 19.9 Å². The number of nitrogens with one attached hydrogen (secondary N) is 1. The van der Waals surface area contributed by atoms with Crippen molar-refractivity contribution in [2.75, 3.05) is 5.32 Å². The first-order valence-electron chi connectivity index (χ1n) is 10.9. The summed E-state index contributed by atoms with van der Waals surface area (Å²) in [6.45, 7) is 8.77. The van der Waals surface area contributed by atoms with Crippen LogP contribution in [0.15, 0.2) is 115 Å². The average molecular weight is 417 g/mol. The Balaban J connectivity index is 1.48. The van der Waals surface area contributed by atoms with Gasteiger partial charge in [0.25, 0.3) is 0 Å². The van der Waals surface area contributed by atoms with Crippen molar-refractivity contribution in [2.45, 2.75) is 20.4 Å². The maximum Gasteiger partial charge on any atom is 0.126 e. The first kappa shape index (κ1) is 21.3. The number of nitrogens with zero attached hydrogens (tertiary/aromatic N) is 1. The molecule has 1 N–H and O–H groups in total. The zero-order valence-electron chi connectivity index (χ0n) is 18.7. The van der Waals surface area contributed by atoms with Gasteiger partial charge in [-0.25, -0.2) is 4.98 Å². The molecule has 4 rings (SSSR count). The van der Waals surface area contributed by atoms with E-state index in [0.717, 1.165) is 29.2 Å². The van der Waals surface area contributed by atoms with Gasteiger partial charge in [-0.1, -0.05) is 97.1 Å². The molecular formula is C30H28N2. The minimum atomic E-state index is 0.720. The predicted octanol–water partition coefficient (Wildman–Crippen LogP) is 8.05. The maximum atomic E-state index is 4.83. The highest BCUT2D eigenvalue weighted by Gasteiger charge is 2.04. The van der Waals surface area contributed by atoms with Crippen molar-refractivity contribution in [3.05, 3.63) is 126 Å². The van der Waals surface area contributed by atoms with E-state index in [4.69, 9.17) is 4.98 Å². The summed E-state index contributed by atoms with van der Waals surface area (Å²) in [5.74, 6) is 0.872. The van der Waals surface area contributed by atoms with E-state index in [-0.39, 0.29) is 0 Å². The number of fused-ring (bicyclic) bond motifs is 1. The quantitative estimate of drug-likeness (QED) is 0.308. The number of aromatic nitrogens is 1. The van der Waals surface area contributed by atoms with Crippen molar-refractivity contribution in [2.24, 2.45) is 0 Å². The smallest absolute Gasteiger partial charge is 0.126 e. The summed E-state index contributed by atoms with van der Waals surface area (Å²) in [6, 6.07) is 29.6. The van der Waals surface area contributed by atoms with Crippen LogP contribution in [0.3, 0.4) is 0 Å². The molecule has 0 aliphatic carbocycles. The monoisotopic (exact) mass is 416 g/mol. The fourth-order valence-corrected chi connectivity index (χ4v) is 3.72. The van der Waals surface area contributed by atoms with Crippen molar-refractivity contribution < 1.29 is 0 Å². The van der Waals surface area contributed by atoms with Crippen LogP contribution < -0.4 is 5.32 Å². The Labute approximate surface area is 190 Å². The van der Waals surface area contributed by atoms with Crippen LogP contribution in [0.4, 0.5) is 5.82 Å². The number of hydrogen-bond donors (Lipinski definition) is 1. The second-order valence-corrected chi connectivity index (χ2v) is 7.97. The van der Waals surface area contributed by atoms with Gasteiger partial charge < -0.3 is 5.32 Å². The highest BCUT2D eigenvalue weighted by atomic mass is 15.0. The Kier molecular flexibility index (Phi) is 6.62. The van der Waals surface area contributed by atoms with Gasteiger partial charge in [0, 0.05) is 12.1 Å². The van der Waals surface area contributed by atoms with Crippen LogP contribution in [0.25, 0.3) is 27.6 Å². The summed E-state index contributed by atoms with van der Waals surface area (Å²) in [6.07, 6.45) is 6.28. The first-order chi connectivity index (χ1) is 15.6. The number of benzene rings is 3. The summed E-state index contributed by atoms with van der Waals surface area (Å²) < 4.78 is 0. The molecule has 0 spiro atoms. The summed E-state index contributed by atoms with van der Waals surface area (Å²) in [5, 5.41) is 5.93. The zero-order valence-corrected chi connectivity index (χ0v) is 18.7. The van der Waals surface area contributed by atoms with Gasteiger partial charge in [-0.3, -0.25) is 0 Å². The largest absolute Gasteiger partial charge is 0.366 e. The normalized spacial score (nSPS) is 11.8. The standard InChI is InChI=1S/C30H28N2/c1-4-8-26(19-22(2)3)25-15-13-23(14-16-25)21-31-30-12-7-11-29(32-30)28-18-17-24-9-5-6-10-27(24)20-28/h4-20H,2,21H2,1,3H3,(H,31,32)/b8-4-,26-19+. The van der Waals surface area contributed by atoms with Gasteiger partial charge in [-0.05, 0) is 59.5 Å². The van der Waals surface area contributed by atoms with Crippen LogP contribution in [-0.4, -0.2) is 4.98 Å². The maximum absolute atomic E-state index is 4.83. The number of pyridine rings is 1. The minimum Gasteiger partial charge on any atom is -0.366 e. The molecule has 1 heterocycles. The second-order valence-electron chi connectivity index (χ2n) is 7.97. The lowest BCUT2D eigenvalue weighted by molar-refractivity contribution is 1.11. The van der Waals surface area contributed by atoms with Crippen LogP contribution in [0, 0.1) is 0 Å². The molecule has 32 heavy (non-hydrogen) atoms. The molecule has 3 aromatic carbocycles. The Morgan fingerprint density at radius 1 is 0.906 bits per heavy atom. The summed E-state index contributed by atoms with van der Waals surface area (Å²) in [4.78, 5) is 4.83. The van der Waals surface area contributed by atoms with Gasteiger partial charge in [0.05, 0.1) is 5.69 Å². The molecule has 0 bridgehead atoms. The van der Waals surface area contributed by atoms with Crippen LogP contribution in [0.5, 0.6) is 0 Å². The van der Waals surface area contributed by atoms with E-state index in [1.165, 1.54) is 27.5 Å². The number of hydrogen-bond acceptors (Lipinski definition) is 2. The Bertz CT molecular complexity index is 1290. The van der Waals surface area contributed by atoms with Gasteiger partial charge in [0.2, 0.25) is 0 Å². The van der Waals surface area contributed by atoms with Crippen molar-refractivity contribution in [1.29, 1.82) is 0 Å². The molecule has 0 saturated heterocycles. The van der Waals surface area contributed by atoms with Gasteiger partial charge in [0.1, 0.15) is 5.82 Å². The van der Waals surface area contributed by atoms with E-state index in [0.29, 0.717) is 0 Å². The molecule has 0 saturated carbocycles. The zero-order chi connectivity index (χ0) is 22.3. The first-order valence-corrected chi connectivity index (χ1v) is 10.9. The van der Waals surface area contributed by atoms with E-state index in [2.05, 4.69) is 109 Å². The second kappa shape index (κ2) is 9.93. The van der Waals surface area contributed by atoms with Crippen LogP contribution >= 0.6 is 0 Å². The molecule has 4 aromatic rings. The average Bonchev–Trinajstić information content (AvgIpc) is 2.82. The lowest BCUT2D eigenvalue weighted by Crippen LogP contribution is -2.02. The molecule has 0 fully saturated rings. The SMILES string of the molecule is C=C(C)/C=C(\C=C/C)c1ccc(CNc2cccc(-c3ccc4ccccc4c3)n2)cc1. The molecule has 2 heteroatoms. The van der Waals surface area contributed by atoms with Gasteiger partial charge in [-0.2, -0.15) is 0 Å². The molecule has 0 aliphatic heterocycles.